The highest BCUT2D eigenvalue weighted by molar-refractivity contribution is 5.92. The fraction of sp³-hybridized carbons (Fsp3) is 0.700. The highest BCUT2D eigenvalue weighted by atomic mass is 16.7. The van der Waals surface area contributed by atoms with E-state index in [2.05, 4.69) is 21.3 Å². The van der Waals surface area contributed by atoms with E-state index in [9.17, 15) is 54.0 Å². The van der Waals surface area contributed by atoms with E-state index in [4.69, 9.17) is 34.8 Å². The molecule has 0 saturated carbocycles. The van der Waals surface area contributed by atoms with Crippen LogP contribution < -0.4 is 20.1 Å². The predicted molar refractivity (Wildman–Crippen MR) is 260 cm³/mol. The number of nitrogens with zero attached hydrogens (tertiary/aromatic N) is 3. The van der Waals surface area contributed by atoms with Crippen molar-refractivity contribution in [1.82, 2.24) is 25.3 Å². The van der Waals surface area contributed by atoms with Crippen LogP contribution in [0.15, 0.2) is 18.2 Å². The van der Waals surface area contributed by atoms with E-state index >= 15 is 0 Å². The molecule has 2 saturated heterocycles. The van der Waals surface area contributed by atoms with Crippen LogP contribution in [-0.4, -0.2) is 199 Å². The molecule has 2 heterocycles. The molecule has 2 aliphatic heterocycles. The zero-order valence-electron chi connectivity index (χ0n) is 44.0. The third-order valence-electron chi connectivity index (χ3n) is 13.5. The summed E-state index contributed by atoms with van der Waals surface area (Å²) in [4.78, 5) is 97.4. The summed E-state index contributed by atoms with van der Waals surface area (Å²) in [5.41, 5.74) is 0.284. The lowest BCUT2D eigenvalue weighted by molar-refractivity contribution is -0.271. The Kier molecular flexibility index (Phi) is 24.1. The molecule has 0 spiro atoms. The minimum atomic E-state index is -1.93. The van der Waals surface area contributed by atoms with Gasteiger partial charge in [0.2, 0.25) is 29.9 Å². The molecular formula is C50H77N5O18. The number of likely N-dealkylation sites (tertiary alicyclic amines) is 1. The van der Waals surface area contributed by atoms with Crippen LogP contribution in [0.5, 0.6) is 11.5 Å². The minimum absolute atomic E-state index is 0.0320. The number of aliphatic hydroxyl groups is 3. The molecule has 1 aromatic rings. The monoisotopic (exact) mass is 1040 g/mol. The van der Waals surface area contributed by atoms with Crippen LogP contribution >= 0.6 is 0 Å². The van der Waals surface area contributed by atoms with Crippen molar-refractivity contribution < 1.29 is 87.1 Å². The van der Waals surface area contributed by atoms with Crippen LogP contribution in [0.4, 0.5) is 4.79 Å². The zero-order valence-corrected chi connectivity index (χ0v) is 44.0. The molecule has 3 rings (SSSR count). The standard InChI is InChI=1S/C50H77N5O18/c1-14-21-70-33-22-31(72-49-42(60)40(58)41(59)44(73-49)48(64)65)19-18-30(33)25-71-50(66)54(10)38(27(5)6)46(62)52-37(26(3)4)47(63)53(9)39(28(7)15-2)34(67-11)23-35(56)55-20-16-17-32(55)43(69-13)29(8)45(61)51-24-36(57)68-12/h1,18-19,22,26-29,32,34,37-44,49,58-60H,15-17,20-21,23-25H2,2-13H3,(H,51,61)(H,52,62)(H,64,65)/t28?,29-,32+,34-,37+,38+,39+,40+,41+,42-,43-,44+,49-/m1/s1. The first-order valence-corrected chi connectivity index (χ1v) is 24.3. The second-order valence-electron chi connectivity index (χ2n) is 19.1. The number of carboxylic acids is 1. The molecule has 5 amide bonds. The number of ether oxygens (including phenoxy) is 7. The SMILES string of the molecule is C#CCOc1cc(O[C@@H]2O[C@H](C(=O)O)[C@@H](O)[C@H](O)[C@H]2O)ccc1COC(=O)N(C)[C@H](C(=O)N[C@H](C(=O)N(C)[C@@H](C(C)CC)[C@@H](CC(=O)N1CCC[C@H]1[C@H](OC)[C@@H](C)C(=O)NCC(=O)OC)OC)C(C)C)C(C)C. The molecule has 23 nitrogen and oxygen atoms in total. The lowest BCUT2D eigenvalue weighted by Gasteiger charge is -2.41. The van der Waals surface area contributed by atoms with Gasteiger partial charge in [0.05, 0.1) is 43.7 Å². The molecular weight excluding hydrogens is 959 g/mol. The topological polar surface area (TPSA) is 299 Å². The summed E-state index contributed by atoms with van der Waals surface area (Å²) in [5, 5.41) is 45.5. The van der Waals surface area contributed by atoms with Crippen molar-refractivity contribution in [3.05, 3.63) is 23.8 Å². The molecule has 1 aromatic carbocycles. The maximum atomic E-state index is 14.6. The van der Waals surface area contributed by atoms with E-state index < -0.39 is 127 Å². The van der Waals surface area contributed by atoms with Gasteiger partial charge in [-0.1, -0.05) is 60.8 Å². The van der Waals surface area contributed by atoms with Crippen molar-refractivity contribution in [2.45, 2.75) is 148 Å². The van der Waals surface area contributed by atoms with E-state index in [0.717, 1.165) is 4.90 Å². The van der Waals surface area contributed by atoms with Gasteiger partial charge in [-0.2, -0.15) is 0 Å². The number of likely N-dealkylation sites (N-methyl/N-ethyl adjacent to an activating group) is 2. The molecule has 6 N–H and O–H groups in total. The minimum Gasteiger partial charge on any atom is -0.480 e. The molecule has 1 unspecified atom stereocenters. The number of carbonyl (C=O) groups excluding carboxylic acids is 6. The van der Waals surface area contributed by atoms with E-state index in [0.29, 0.717) is 25.8 Å². The lowest BCUT2D eigenvalue weighted by atomic mass is 9.89. The summed E-state index contributed by atoms with van der Waals surface area (Å²) >= 11 is 0. The first-order valence-electron chi connectivity index (χ1n) is 24.3. The zero-order chi connectivity index (χ0) is 55.0. The third kappa shape index (κ3) is 15.9. The molecule has 0 aliphatic carbocycles. The number of hydrogen-bond donors (Lipinski definition) is 6. The number of benzene rings is 1. The summed E-state index contributed by atoms with van der Waals surface area (Å²) in [6, 6.07) is 0.795. The first kappa shape index (κ1) is 61.5. The Bertz CT molecular complexity index is 2080. The number of rotatable bonds is 26. The Balaban J connectivity index is 1.78. The number of terminal acetylenes is 1. The fourth-order valence-electron chi connectivity index (χ4n) is 9.22. The molecule has 0 bridgehead atoms. The van der Waals surface area contributed by atoms with Crippen molar-refractivity contribution in [2.75, 3.05) is 55.1 Å². The quantitative estimate of drug-likeness (QED) is 0.0555. The highest BCUT2D eigenvalue weighted by Crippen LogP contribution is 2.32. The van der Waals surface area contributed by atoms with Crippen LogP contribution in [0.1, 0.15) is 79.7 Å². The van der Waals surface area contributed by atoms with Gasteiger partial charge in [0.15, 0.2) is 6.10 Å². The Morgan fingerprint density at radius 2 is 1.59 bits per heavy atom. The summed E-state index contributed by atoms with van der Waals surface area (Å²) in [6.07, 6.45) is -4.53. The molecule has 13 atom stereocenters. The van der Waals surface area contributed by atoms with E-state index in [-0.39, 0.29) is 48.5 Å². The maximum absolute atomic E-state index is 14.6. The van der Waals surface area contributed by atoms with Crippen LogP contribution in [0.3, 0.4) is 0 Å². The third-order valence-corrected chi connectivity index (χ3v) is 13.5. The molecule has 410 valence electrons. The molecule has 2 aliphatic rings. The molecule has 0 radical (unpaired) electrons. The van der Waals surface area contributed by atoms with Gasteiger partial charge >= 0.3 is 18.0 Å². The number of aliphatic carboxylic acids is 1. The van der Waals surface area contributed by atoms with Crippen molar-refractivity contribution in [1.29, 1.82) is 0 Å². The normalized spacial score (nSPS) is 22.6. The number of methoxy groups -OCH3 is 3. The van der Waals surface area contributed by atoms with Crippen molar-refractivity contribution in [3.8, 4) is 23.8 Å². The molecule has 73 heavy (non-hydrogen) atoms. The van der Waals surface area contributed by atoms with Crippen LogP contribution in [0.25, 0.3) is 0 Å². The second-order valence-corrected chi connectivity index (χ2v) is 19.1. The Morgan fingerprint density at radius 1 is 0.918 bits per heavy atom. The number of esters is 1. The number of aliphatic hydroxyl groups excluding tert-OH is 3. The van der Waals surface area contributed by atoms with Gasteiger partial charge in [0, 0.05) is 46.5 Å². The van der Waals surface area contributed by atoms with Crippen LogP contribution in [0.2, 0.25) is 0 Å². The van der Waals surface area contributed by atoms with Gasteiger partial charge < -0.3 is 74.0 Å². The number of amides is 5. The molecule has 0 aromatic heterocycles. The summed E-state index contributed by atoms with van der Waals surface area (Å²) in [7, 11) is 7.13. The number of hydrogen-bond acceptors (Lipinski definition) is 17. The Labute approximate surface area is 427 Å². The van der Waals surface area contributed by atoms with Gasteiger partial charge in [-0.05, 0) is 42.7 Å². The smallest absolute Gasteiger partial charge is 0.410 e. The van der Waals surface area contributed by atoms with Gasteiger partial charge in [0.25, 0.3) is 0 Å². The van der Waals surface area contributed by atoms with Crippen molar-refractivity contribution in [2.24, 2.45) is 23.7 Å². The average Bonchev–Trinajstić information content (AvgIpc) is 3.85. The summed E-state index contributed by atoms with van der Waals surface area (Å²) in [5.74, 6) is -3.47. The second kappa shape index (κ2) is 28.6. The van der Waals surface area contributed by atoms with Crippen LogP contribution in [0, 0.1) is 36.0 Å². The number of carboxylic acid groups (broad SMARTS) is 1. The lowest BCUT2D eigenvalue weighted by Crippen LogP contribution is -2.61. The van der Waals surface area contributed by atoms with Crippen molar-refractivity contribution >= 4 is 41.7 Å². The summed E-state index contributed by atoms with van der Waals surface area (Å²) in [6.45, 7) is 12.0. The summed E-state index contributed by atoms with van der Waals surface area (Å²) < 4.78 is 38.5. The highest BCUT2D eigenvalue weighted by Gasteiger charge is 2.48. The first-order chi connectivity index (χ1) is 34.4. The maximum Gasteiger partial charge on any atom is 0.410 e. The fourth-order valence-corrected chi connectivity index (χ4v) is 9.22. The van der Waals surface area contributed by atoms with E-state index in [1.165, 1.54) is 51.5 Å². The Hall–Kier alpha value is -5.77. The largest absolute Gasteiger partial charge is 0.480 e. The van der Waals surface area contributed by atoms with Crippen molar-refractivity contribution in [3.63, 3.8) is 0 Å². The average molecular weight is 1040 g/mol. The van der Waals surface area contributed by atoms with Gasteiger partial charge in [-0.25, -0.2) is 9.59 Å². The molecule has 23 heteroatoms. The predicted octanol–water partition coefficient (Wildman–Crippen LogP) is 0.913. The van der Waals surface area contributed by atoms with Gasteiger partial charge in [-0.15, -0.1) is 6.42 Å². The Morgan fingerprint density at radius 3 is 2.15 bits per heavy atom. The van der Waals surface area contributed by atoms with Gasteiger partial charge in [0.1, 0.15) is 61.7 Å². The number of carbonyl (C=O) groups is 7. The van der Waals surface area contributed by atoms with Gasteiger partial charge in [-0.3, -0.25) is 28.9 Å². The van der Waals surface area contributed by atoms with Crippen LogP contribution in [-0.2, 0) is 59.1 Å². The number of nitrogens with one attached hydrogen (secondary N) is 2. The van der Waals surface area contributed by atoms with E-state index in [1.54, 1.807) is 46.6 Å². The molecule has 2 fully saturated rings. The van der Waals surface area contributed by atoms with E-state index in [1.807, 2.05) is 13.8 Å².